The number of aryl methyl sites for hydroxylation is 1. The number of imidazole rings is 1. The normalized spacial score (nSPS) is 11.2. The Morgan fingerprint density at radius 3 is 2.62 bits per heavy atom. The maximum atomic E-state index is 12.4. The highest BCUT2D eigenvalue weighted by Crippen LogP contribution is 2.25. The molecule has 5 aromatic rings. The molecule has 0 saturated carbocycles. The summed E-state index contributed by atoms with van der Waals surface area (Å²) in [5.41, 5.74) is 6.22. The van der Waals surface area contributed by atoms with Gasteiger partial charge in [0.1, 0.15) is 0 Å². The maximum Gasteiger partial charge on any atom is 0.230 e. The molecule has 34 heavy (non-hydrogen) atoms. The SMILES string of the molecule is Cn1cnc(CC(=O)Nc2cccc(Nc3ccc4c(/C=C/c5ccccc5)n[nH]c4c3)c2)c1. The molecular formula is C27H24N6O. The van der Waals surface area contributed by atoms with E-state index in [-0.39, 0.29) is 12.3 Å². The number of carbonyl (C=O) groups excluding carboxylic acids is 1. The Hall–Kier alpha value is -4.65. The molecule has 0 atom stereocenters. The summed E-state index contributed by atoms with van der Waals surface area (Å²) in [6.07, 6.45) is 7.82. The topological polar surface area (TPSA) is 87.6 Å². The van der Waals surface area contributed by atoms with Crippen molar-refractivity contribution in [3.05, 3.63) is 102 Å². The zero-order valence-corrected chi connectivity index (χ0v) is 18.7. The van der Waals surface area contributed by atoms with E-state index in [1.165, 1.54) is 0 Å². The predicted molar refractivity (Wildman–Crippen MR) is 137 cm³/mol. The molecule has 5 rings (SSSR count). The van der Waals surface area contributed by atoms with Crippen LogP contribution in [-0.4, -0.2) is 25.7 Å². The molecule has 1 amide bonds. The first kappa shape index (κ1) is 21.2. The second-order valence-electron chi connectivity index (χ2n) is 8.07. The number of anilines is 3. The highest BCUT2D eigenvalue weighted by Gasteiger charge is 2.08. The van der Waals surface area contributed by atoms with Gasteiger partial charge in [0.2, 0.25) is 5.91 Å². The van der Waals surface area contributed by atoms with Crippen molar-refractivity contribution in [2.45, 2.75) is 6.42 Å². The Balaban J connectivity index is 1.27. The van der Waals surface area contributed by atoms with Crippen LogP contribution < -0.4 is 10.6 Å². The van der Waals surface area contributed by atoms with Crippen LogP contribution in [0.2, 0.25) is 0 Å². The molecule has 3 aromatic carbocycles. The number of fused-ring (bicyclic) bond motifs is 1. The van der Waals surface area contributed by atoms with E-state index in [1.54, 1.807) is 6.33 Å². The number of aromatic amines is 1. The zero-order valence-electron chi connectivity index (χ0n) is 18.7. The monoisotopic (exact) mass is 448 g/mol. The number of hydrogen-bond donors (Lipinski definition) is 3. The van der Waals surface area contributed by atoms with Gasteiger partial charge in [0.25, 0.3) is 0 Å². The number of carbonyl (C=O) groups is 1. The van der Waals surface area contributed by atoms with Crippen molar-refractivity contribution in [1.82, 2.24) is 19.7 Å². The molecule has 168 valence electrons. The molecule has 0 radical (unpaired) electrons. The third-order valence-corrected chi connectivity index (χ3v) is 5.36. The standard InChI is InChI=1S/C27H24N6O/c1-33-17-23(28-18-33)16-27(34)30-21-9-5-8-20(14-21)29-22-11-12-24-25(31-32-26(24)15-22)13-10-19-6-3-2-4-7-19/h2-15,17-18,29H,16H2,1H3,(H,30,34)(H,31,32)/b13-10+. The summed E-state index contributed by atoms with van der Waals surface area (Å²) < 4.78 is 1.83. The minimum atomic E-state index is -0.106. The molecule has 7 nitrogen and oxygen atoms in total. The number of nitrogens with one attached hydrogen (secondary N) is 3. The molecule has 0 unspecified atom stereocenters. The summed E-state index contributed by atoms with van der Waals surface area (Å²) in [6.45, 7) is 0. The van der Waals surface area contributed by atoms with E-state index in [2.05, 4.69) is 44.0 Å². The molecule has 0 bridgehead atoms. The fourth-order valence-corrected chi connectivity index (χ4v) is 3.75. The van der Waals surface area contributed by atoms with Crippen molar-refractivity contribution >= 4 is 46.0 Å². The molecule has 7 heteroatoms. The van der Waals surface area contributed by atoms with Crippen LogP contribution in [0, 0.1) is 0 Å². The molecule has 2 heterocycles. The molecule has 3 N–H and O–H groups in total. The quantitative estimate of drug-likeness (QED) is 0.311. The Morgan fingerprint density at radius 2 is 1.79 bits per heavy atom. The number of nitrogens with zero attached hydrogens (tertiary/aromatic N) is 3. The smallest absolute Gasteiger partial charge is 0.230 e. The van der Waals surface area contributed by atoms with Crippen molar-refractivity contribution < 1.29 is 4.79 Å². The van der Waals surface area contributed by atoms with E-state index in [0.717, 1.165) is 44.9 Å². The van der Waals surface area contributed by atoms with E-state index in [4.69, 9.17) is 0 Å². The largest absolute Gasteiger partial charge is 0.355 e. The van der Waals surface area contributed by atoms with Crippen LogP contribution in [0.1, 0.15) is 17.0 Å². The zero-order chi connectivity index (χ0) is 23.3. The molecule has 0 spiro atoms. The first-order valence-corrected chi connectivity index (χ1v) is 11.0. The highest BCUT2D eigenvalue weighted by molar-refractivity contribution is 5.93. The van der Waals surface area contributed by atoms with E-state index in [0.29, 0.717) is 0 Å². The van der Waals surface area contributed by atoms with Crippen LogP contribution >= 0.6 is 0 Å². The lowest BCUT2D eigenvalue weighted by molar-refractivity contribution is -0.115. The third-order valence-electron chi connectivity index (χ3n) is 5.36. The Kier molecular flexibility index (Phi) is 5.90. The number of rotatable bonds is 7. The lowest BCUT2D eigenvalue weighted by atomic mass is 10.1. The summed E-state index contributed by atoms with van der Waals surface area (Å²) in [4.78, 5) is 16.6. The van der Waals surface area contributed by atoms with Gasteiger partial charge in [-0.3, -0.25) is 9.89 Å². The van der Waals surface area contributed by atoms with Gasteiger partial charge in [-0.1, -0.05) is 42.5 Å². The van der Waals surface area contributed by atoms with Gasteiger partial charge in [-0.15, -0.1) is 0 Å². The molecule has 2 aromatic heterocycles. The Morgan fingerprint density at radius 1 is 0.971 bits per heavy atom. The predicted octanol–water partition coefficient (Wildman–Crippen LogP) is 5.39. The van der Waals surface area contributed by atoms with Crippen LogP contribution in [0.3, 0.4) is 0 Å². The van der Waals surface area contributed by atoms with Gasteiger partial charge in [0, 0.05) is 35.7 Å². The summed E-state index contributed by atoms with van der Waals surface area (Å²) in [6, 6.07) is 23.9. The van der Waals surface area contributed by atoms with Crippen molar-refractivity contribution in [3.8, 4) is 0 Å². The Labute approximate surface area is 197 Å². The van der Waals surface area contributed by atoms with Crippen molar-refractivity contribution in [3.63, 3.8) is 0 Å². The summed E-state index contributed by atoms with van der Waals surface area (Å²) in [5, 5.41) is 14.9. The summed E-state index contributed by atoms with van der Waals surface area (Å²) in [5.74, 6) is -0.106. The minimum Gasteiger partial charge on any atom is -0.355 e. The molecule has 0 aliphatic carbocycles. The van der Waals surface area contributed by atoms with Crippen LogP contribution in [0.4, 0.5) is 17.1 Å². The Bertz CT molecular complexity index is 1470. The second kappa shape index (κ2) is 9.46. The first-order valence-electron chi connectivity index (χ1n) is 11.0. The van der Waals surface area contributed by atoms with Gasteiger partial charge < -0.3 is 15.2 Å². The first-order chi connectivity index (χ1) is 16.6. The van der Waals surface area contributed by atoms with Crippen LogP contribution in [-0.2, 0) is 18.3 Å². The molecular weight excluding hydrogens is 424 g/mol. The average Bonchev–Trinajstić information content (AvgIpc) is 3.43. The molecule has 0 aliphatic heterocycles. The average molecular weight is 449 g/mol. The molecule has 0 saturated heterocycles. The van der Waals surface area contributed by atoms with Gasteiger partial charge >= 0.3 is 0 Å². The van der Waals surface area contributed by atoms with Crippen LogP contribution in [0.5, 0.6) is 0 Å². The van der Waals surface area contributed by atoms with Crippen molar-refractivity contribution in [1.29, 1.82) is 0 Å². The van der Waals surface area contributed by atoms with E-state index in [1.807, 2.05) is 84.6 Å². The van der Waals surface area contributed by atoms with Gasteiger partial charge in [0.05, 0.1) is 29.7 Å². The summed E-state index contributed by atoms with van der Waals surface area (Å²) in [7, 11) is 1.88. The van der Waals surface area contributed by atoms with E-state index < -0.39 is 0 Å². The number of hydrogen-bond acceptors (Lipinski definition) is 4. The van der Waals surface area contributed by atoms with Crippen molar-refractivity contribution in [2.24, 2.45) is 7.05 Å². The van der Waals surface area contributed by atoms with Crippen LogP contribution in [0.15, 0.2) is 85.3 Å². The van der Waals surface area contributed by atoms with Crippen LogP contribution in [0.25, 0.3) is 23.1 Å². The number of aromatic nitrogens is 4. The fourth-order valence-electron chi connectivity index (χ4n) is 3.75. The van der Waals surface area contributed by atoms with Crippen molar-refractivity contribution in [2.75, 3.05) is 10.6 Å². The molecule has 0 fully saturated rings. The van der Waals surface area contributed by atoms with E-state index in [9.17, 15) is 4.79 Å². The summed E-state index contributed by atoms with van der Waals surface area (Å²) >= 11 is 0. The van der Waals surface area contributed by atoms with Gasteiger partial charge in [-0.25, -0.2) is 4.98 Å². The van der Waals surface area contributed by atoms with E-state index >= 15 is 0 Å². The van der Waals surface area contributed by atoms with Gasteiger partial charge in [-0.2, -0.15) is 5.10 Å². The minimum absolute atomic E-state index is 0.106. The number of benzene rings is 3. The maximum absolute atomic E-state index is 12.4. The fraction of sp³-hybridized carbons (Fsp3) is 0.0741. The number of amides is 1. The number of H-pyrrole nitrogens is 1. The third kappa shape index (κ3) is 5.05. The van der Waals surface area contributed by atoms with Gasteiger partial charge in [-0.05, 0) is 48.0 Å². The lowest BCUT2D eigenvalue weighted by Gasteiger charge is -2.10. The lowest BCUT2D eigenvalue weighted by Crippen LogP contribution is -2.14. The highest BCUT2D eigenvalue weighted by atomic mass is 16.1. The van der Waals surface area contributed by atoms with Gasteiger partial charge in [0.15, 0.2) is 0 Å². The molecule has 0 aliphatic rings. The second-order valence-corrected chi connectivity index (χ2v) is 8.07.